The molecule has 0 radical (unpaired) electrons. The normalized spacial score (nSPS) is 13.1. The highest BCUT2D eigenvalue weighted by Gasteiger charge is 2.15. The van der Waals surface area contributed by atoms with Crippen molar-refractivity contribution in [3.8, 4) is 0 Å². The molecule has 1 aromatic heterocycles. The highest BCUT2D eigenvalue weighted by Crippen LogP contribution is 2.30. The summed E-state index contributed by atoms with van der Waals surface area (Å²) in [5, 5.41) is 5.08. The molecule has 0 amide bonds. The number of nitrogens with one attached hydrogen (secondary N) is 1. The van der Waals surface area contributed by atoms with Gasteiger partial charge in [0.2, 0.25) is 0 Å². The maximum Gasteiger partial charge on any atom is 0.152 e. The number of benzene rings is 1. The van der Waals surface area contributed by atoms with Crippen molar-refractivity contribution in [2.24, 2.45) is 0 Å². The van der Waals surface area contributed by atoms with Crippen molar-refractivity contribution in [3.63, 3.8) is 0 Å². The molecule has 1 N–H and O–H groups in total. The first-order valence-electron chi connectivity index (χ1n) is 6.61. The van der Waals surface area contributed by atoms with E-state index in [1.54, 1.807) is 0 Å². The molecular weight excluding hydrogens is 246 g/mol. The van der Waals surface area contributed by atoms with Gasteiger partial charge in [0.25, 0.3) is 0 Å². The predicted molar refractivity (Wildman–Crippen MR) is 77.2 cm³/mol. The number of para-hydroxylation sites is 1. The lowest BCUT2D eigenvalue weighted by atomic mass is 10.1. The van der Waals surface area contributed by atoms with Crippen LogP contribution in [0.3, 0.4) is 0 Å². The highest BCUT2D eigenvalue weighted by molar-refractivity contribution is 6.34. The third-order valence-corrected chi connectivity index (χ3v) is 3.60. The van der Waals surface area contributed by atoms with Crippen molar-refractivity contribution in [1.82, 2.24) is 5.32 Å². The Balaban J connectivity index is 2.20. The van der Waals surface area contributed by atoms with Crippen molar-refractivity contribution >= 4 is 22.6 Å². The van der Waals surface area contributed by atoms with Crippen LogP contribution in [0.2, 0.25) is 5.02 Å². The monoisotopic (exact) mass is 265 g/mol. The van der Waals surface area contributed by atoms with Crippen molar-refractivity contribution in [2.45, 2.75) is 38.6 Å². The Labute approximate surface area is 113 Å². The van der Waals surface area contributed by atoms with Crippen molar-refractivity contribution < 1.29 is 4.42 Å². The molecule has 0 bridgehead atoms. The Morgan fingerprint density at radius 2 is 2.17 bits per heavy atom. The third-order valence-electron chi connectivity index (χ3n) is 3.30. The van der Waals surface area contributed by atoms with E-state index in [4.69, 9.17) is 16.0 Å². The number of hydrogen-bond donors (Lipinski definition) is 1. The third kappa shape index (κ3) is 2.88. The van der Waals surface area contributed by atoms with Gasteiger partial charge in [-0.3, -0.25) is 0 Å². The molecule has 1 aromatic carbocycles. The summed E-state index contributed by atoms with van der Waals surface area (Å²) in [4.78, 5) is 0. The van der Waals surface area contributed by atoms with E-state index in [9.17, 15) is 0 Å². The van der Waals surface area contributed by atoms with Gasteiger partial charge in [0.15, 0.2) is 5.58 Å². The van der Waals surface area contributed by atoms with Crippen LogP contribution in [0.5, 0.6) is 0 Å². The van der Waals surface area contributed by atoms with E-state index < -0.39 is 0 Å². The van der Waals surface area contributed by atoms with E-state index in [-0.39, 0.29) is 6.04 Å². The van der Waals surface area contributed by atoms with Crippen LogP contribution in [0.1, 0.15) is 44.4 Å². The minimum absolute atomic E-state index is 0.278. The molecule has 0 aliphatic rings. The Kier molecular flexibility index (Phi) is 4.67. The number of unbranched alkanes of at least 4 members (excludes halogenated alkanes) is 2. The van der Waals surface area contributed by atoms with Crippen molar-refractivity contribution in [1.29, 1.82) is 0 Å². The summed E-state index contributed by atoms with van der Waals surface area (Å²) in [6.07, 6.45) is 4.82. The Hall–Kier alpha value is -0.990. The molecule has 1 atom stereocenters. The van der Waals surface area contributed by atoms with Crippen LogP contribution >= 0.6 is 11.6 Å². The summed E-state index contributed by atoms with van der Waals surface area (Å²) in [6.45, 7) is 2.22. The van der Waals surface area contributed by atoms with Gasteiger partial charge < -0.3 is 9.73 Å². The maximum absolute atomic E-state index is 6.13. The molecule has 0 aliphatic carbocycles. The Morgan fingerprint density at radius 3 is 2.83 bits per heavy atom. The van der Waals surface area contributed by atoms with Gasteiger partial charge in [-0.05, 0) is 25.6 Å². The molecule has 2 rings (SSSR count). The van der Waals surface area contributed by atoms with Crippen LogP contribution in [0.4, 0.5) is 0 Å². The molecule has 2 aromatic rings. The Bertz CT molecular complexity index is 506. The Morgan fingerprint density at radius 1 is 1.33 bits per heavy atom. The minimum Gasteiger partial charge on any atom is -0.458 e. The highest BCUT2D eigenvalue weighted by atomic mass is 35.5. The fourth-order valence-corrected chi connectivity index (χ4v) is 2.47. The van der Waals surface area contributed by atoms with Gasteiger partial charge in [-0.15, -0.1) is 0 Å². The zero-order valence-corrected chi connectivity index (χ0v) is 11.8. The van der Waals surface area contributed by atoms with Gasteiger partial charge >= 0.3 is 0 Å². The lowest BCUT2D eigenvalue weighted by Crippen LogP contribution is -2.15. The SMILES string of the molecule is CCCCCC(NC)c1cc2cccc(Cl)c2o1. The molecule has 2 nitrogen and oxygen atoms in total. The molecule has 3 heteroatoms. The summed E-state index contributed by atoms with van der Waals surface area (Å²) in [6, 6.07) is 8.22. The van der Waals surface area contributed by atoms with Crippen LogP contribution < -0.4 is 5.32 Å². The fourth-order valence-electron chi connectivity index (χ4n) is 2.25. The summed E-state index contributed by atoms with van der Waals surface area (Å²) in [5.41, 5.74) is 0.796. The lowest BCUT2D eigenvalue weighted by molar-refractivity contribution is 0.420. The molecule has 1 unspecified atom stereocenters. The molecule has 18 heavy (non-hydrogen) atoms. The van der Waals surface area contributed by atoms with Gasteiger partial charge in [-0.1, -0.05) is 49.9 Å². The first kappa shape index (κ1) is 13.4. The molecule has 98 valence electrons. The number of rotatable bonds is 6. The van der Waals surface area contributed by atoms with E-state index in [1.165, 1.54) is 19.3 Å². The number of hydrogen-bond acceptors (Lipinski definition) is 2. The van der Waals surface area contributed by atoms with Crippen LogP contribution in [0, 0.1) is 0 Å². The van der Waals surface area contributed by atoms with E-state index >= 15 is 0 Å². The van der Waals surface area contributed by atoms with Crippen LogP contribution in [0.15, 0.2) is 28.7 Å². The quantitative estimate of drug-likeness (QED) is 0.750. The summed E-state index contributed by atoms with van der Waals surface area (Å²) in [7, 11) is 1.98. The summed E-state index contributed by atoms with van der Waals surface area (Å²) in [5.74, 6) is 0.983. The second kappa shape index (κ2) is 6.26. The molecule has 0 aliphatic heterocycles. The first-order valence-corrected chi connectivity index (χ1v) is 6.99. The smallest absolute Gasteiger partial charge is 0.152 e. The molecule has 0 fully saturated rings. The number of furan rings is 1. The van der Waals surface area contributed by atoms with Crippen LogP contribution in [0.25, 0.3) is 11.0 Å². The summed E-state index contributed by atoms with van der Waals surface area (Å²) < 4.78 is 5.89. The second-order valence-corrected chi connectivity index (χ2v) is 5.05. The molecule has 1 heterocycles. The molecular formula is C15H20ClNO. The molecule has 0 saturated carbocycles. The average Bonchev–Trinajstić information content (AvgIpc) is 2.80. The van der Waals surface area contributed by atoms with E-state index in [2.05, 4.69) is 18.3 Å². The minimum atomic E-state index is 0.278. The standard InChI is InChI=1S/C15H20ClNO/c1-3-4-5-9-13(17-2)14-10-11-7-6-8-12(16)15(11)18-14/h6-8,10,13,17H,3-5,9H2,1-2H3. The first-order chi connectivity index (χ1) is 8.76. The largest absolute Gasteiger partial charge is 0.458 e. The van der Waals surface area contributed by atoms with E-state index in [1.807, 2.05) is 25.2 Å². The van der Waals surface area contributed by atoms with Gasteiger partial charge in [0.05, 0.1) is 11.1 Å². The van der Waals surface area contributed by atoms with Crippen LogP contribution in [-0.4, -0.2) is 7.05 Å². The van der Waals surface area contributed by atoms with Crippen molar-refractivity contribution in [3.05, 3.63) is 35.0 Å². The zero-order valence-electron chi connectivity index (χ0n) is 11.0. The van der Waals surface area contributed by atoms with E-state index in [0.29, 0.717) is 5.02 Å². The number of halogens is 1. The molecule has 0 saturated heterocycles. The fraction of sp³-hybridized carbons (Fsp3) is 0.467. The average molecular weight is 266 g/mol. The lowest BCUT2D eigenvalue weighted by Gasteiger charge is -2.12. The van der Waals surface area contributed by atoms with Gasteiger partial charge in [0, 0.05) is 5.39 Å². The van der Waals surface area contributed by atoms with Gasteiger partial charge in [-0.2, -0.15) is 0 Å². The zero-order chi connectivity index (χ0) is 13.0. The maximum atomic E-state index is 6.13. The van der Waals surface area contributed by atoms with Crippen molar-refractivity contribution in [2.75, 3.05) is 7.05 Å². The summed E-state index contributed by atoms with van der Waals surface area (Å²) >= 11 is 6.13. The molecule has 0 spiro atoms. The topological polar surface area (TPSA) is 25.2 Å². The number of fused-ring (bicyclic) bond motifs is 1. The van der Waals surface area contributed by atoms with Gasteiger partial charge in [-0.25, -0.2) is 0 Å². The van der Waals surface area contributed by atoms with E-state index in [0.717, 1.165) is 23.2 Å². The second-order valence-electron chi connectivity index (χ2n) is 4.64. The van der Waals surface area contributed by atoms with Gasteiger partial charge in [0.1, 0.15) is 5.76 Å². The predicted octanol–water partition coefficient (Wildman–Crippen LogP) is 4.93. The van der Waals surface area contributed by atoms with Crippen LogP contribution in [-0.2, 0) is 0 Å².